The fourth-order valence-electron chi connectivity index (χ4n) is 1.19. The van der Waals surface area contributed by atoms with Crippen LogP contribution < -0.4 is 0 Å². The monoisotopic (exact) mass is 295 g/mol. The molecule has 0 saturated carbocycles. The van der Waals surface area contributed by atoms with E-state index in [1.165, 1.54) is 6.20 Å². The van der Waals surface area contributed by atoms with Crippen molar-refractivity contribution in [3.05, 3.63) is 39.2 Å². The fourth-order valence-corrected chi connectivity index (χ4v) is 1.69. The Morgan fingerprint density at radius 1 is 1.20 bits per heavy atom. The topological polar surface area (TPSA) is 12.9 Å². The minimum absolute atomic E-state index is 0.0300. The summed E-state index contributed by atoms with van der Waals surface area (Å²) >= 11 is 8.83. The van der Waals surface area contributed by atoms with E-state index in [9.17, 15) is 13.2 Å². The van der Waals surface area contributed by atoms with Crippen LogP contribution in [-0.2, 0) is 0 Å². The second-order valence-corrected chi connectivity index (χ2v) is 4.03. The van der Waals surface area contributed by atoms with Crippen LogP contribution in [0.5, 0.6) is 0 Å². The first kappa shape index (κ1) is 10.7. The molecule has 0 bridgehead atoms. The molecule has 0 atom stereocenters. The molecule has 0 saturated heterocycles. The maximum atomic E-state index is 13.2. The van der Waals surface area contributed by atoms with Gasteiger partial charge in [-0.2, -0.15) is 0 Å². The van der Waals surface area contributed by atoms with Crippen molar-refractivity contribution in [1.82, 2.24) is 4.98 Å². The lowest BCUT2D eigenvalue weighted by Gasteiger charge is -2.04. The molecule has 0 aliphatic rings. The van der Waals surface area contributed by atoms with Gasteiger partial charge in [0.25, 0.3) is 0 Å². The highest BCUT2D eigenvalue weighted by molar-refractivity contribution is 9.10. The molecule has 0 unspecified atom stereocenters. The predicted molar refractivity (Wildman–Crippen MR) is 54.3 cm³/mol. The van der Waals surface area contributed by atoms with E-state index in [1.54, 1.807) is 0 Å². The first-order chi connectivity index (χ1) is 7.02. The third kappa shape index (κ3) is 1.59. The summed E-state index contributed by atoms with van der Waals surface area (Å²) < 4.78 is 39.4. The Balaban J connectivity index is 2.98. The van der Waals surface area contributed by atoms with E-state index in [2.05, 4.69) is 20.9 Å². The molecule has 15 heavy (non-hydrogen) atoms. The van der Waals surface area contributed by atoms with Crippen LogP contribution >= 0.6 is 27.5 Å². The molecule has 2 rings (SSSR count). The summed E-state index contributed by atoms with van der Waals surface area (Å²) in [5.74, 6) is -4.17. The van der Waals surface area contributed by atoms with Crippen molar-refractivity contribution in [2.75, 3.05) is 0 Å². The molecule has 0 N–H and O–H groups in total. The number of hydrogen-bond acceptors (Lipinski definition) is 1. The lowest BCUT2D eigenvalue weighted by atomic mass is 10.2. The van der Waals surface area contributed by atoms with Gasteiger partial charge in [-0.15, -0.1) is 0 Å². The second-order valence-electron chi connectivity index (χ2n) is 2.80. The number of pyridine rings is 1. The standard InChI is InChI=1S/C9H2BrClF3N/c10-4-2-15-9-3(6(4)11)1-5(12)7(13)8(9)14/h1-2H. The zero-order chi connectivity index (χ0) is 11.2. The molecule has 6 heteroatoms. The van der Waals surface area contributed by atoms with Gasteiger partial charge >= 0.3 is 0 Å². The zero-order valence-electron chi connectivity index (χ0n) is 6.99. The Morgan fingerprint density at radius 3 is 2.53 bits per heavy atom. The van der Waals surface area contributed by atoms with Crippen molar-refractivity contribution in [2.45, 2.75) is 0 Å². The Kier molecular flexibility index (Phi) is 2.60. The molecule has 1 aromatic heterocycles. The predicted octanol–water partition coefficient (Wildman–Crippen LogP) is 4.07. The van der Waals surface area contributed by atoms with Gasteiger partial charge in [0.1, 0.15) is 5.52 Å². The maximum Gasteiger partial charge on any atom is 0.196 e. The summed E-state index contributed by atoms with van der Waals surface area (Å²) in [6.45, 7) is 0. The van der Waals surface area contributed by atoms with Gasteiger partial charge < -0.3 is 0 Å². The van der Waals surface area contributed by atoms with Gasteiger partial charge in [0.2, 0.25) is 0 Å². The van der Waals surface area contributed by atoms with Gasteiger partial charge in [-0.3, -0.25) is 4.98 Å². The molecular weight excluding hydrogens is 294 g/mol. The number of rotatable bonds is 0. The van der Waals surface area contributed by atoms with Crippen molar-refractivity contribution in [2.24, 2.45) is 0 Å². The summed E-state index contributed by atoms with van der Waals surface area (Å²) in [6.07, 6.45) is 1.23. The minimum Gasteiger partial charge on any atom is -0.252 e. The molecule has 1 heterocycles. The van der Waals surface area contributed by atoms with Crippen molar-refractivity contribution >= 4 is 38.4 Å². The van der Waals surface area contributed by atoms with Crippen LogP contribution in [0.2, 0.25) is 5.02 Å². The van der Waals surface area contributed by atoms with Gasteiger partial charge in [0, 0.05) is 11.6 Å². The molecule has 1 aromatic carbocycles. The normalized spacial score (nSPS) is 11.0. The summed E-state index contributed by atoms with van der Waals surface area (Å²) in [5.41, 5.74) is -0.290. The molecule has 0 aliphatic carbocycles. The third-order valence-corrected chi connectivity index (χ3v) is 3.13. The average molecular weight is 296 g/mol. The smallest absolute Gasteiger partial charge is 0.196 e. The number of nitrogens with zero attached hydrogens (tertiary/aromatic N) is 1. The Hall–Kier alpha value is -0.810. The Labute approximate surface area is 96.0 Å². The molecule has 78 valence electrons. The van der Waals surface area contributed by atoms with Crippen LogP contribution in [0.15, 0.2) is 16.7 Å². The molecule has 2 aromatic rings. The van der Waals surface area contributed by atoms with Crippen LogP contribution in [0.4, 0.5) is 13.2 Å². The number of aromatic nitrogens is 1. The third-order valence-electron chi connectivity index (χ3n) is 1.89. The first-order valence-electron chi connectivity index (χ1n) is 3.79. The maximum absolute atomic E-state index is 13.2. The van der Waals surface area contributed by atoms with Crippen LogP contribution in [0.25, 0.3) is 10.9 Å². The molecule has 0 spiro atoms. The molecule has 1 nitrogen and oxygen atoms in total. The van der Waals surface area contributed by atoms with Gasteiger partial charge in [-0.05, 0) is 22.0 Å². The fraction of sp³-hybridized carbons (Fsp3) is 0. The largest absolute Gasteiger partial charge is 0.252 e. The van der Waals surface area contributed by atoms with E-state index in [-0.39, 0.29) is 15.9 Å². The van der Waals surface area contributed by atoms with E-state index >= 15 is 0 Å². The number of hydrogen-bond donors (Lipinski definition) is 0. The highest BCUT2D eigenvalue weighted by Crippen LogP contribution is 2.32. The van der Waals surface area contributed by atoms with Crippen molar-refractivity contribution in [3.63, 3.8) is 0 Å². The molecule has 0 fully saturated rings. The summed E-state index contributed by atoms with van der Waals surface area (Å²) in [6, 6.07) is 0.813. The summed E-state index contributed by atoms with van der Waals surface area (Å²) in [7, 11) is 0. The highest BCUT2D eigenvalue weighted by atomic mass is 79.9. The Bertz CT molecular complexity index is 559. The number of halogens is 5. The van der Waals surface area contributed by atoms with Crippen molar-refractivity contribution in [3.8, 4) is 0 Å². The van der Waals surface area contributed by atoms with Crippen LogP contribution in [0, 0.1) is 17.5 Å². The van der Waals surface area contributed by atoms with Gasteiger partial charge in [0.15, 0.2) is 17.5 Å². The lowest BCUT2D eigenvalue weighted by Crippen LogP contribution is -1.95. The van der Waals surface area contributed by atoms with Crippen molar-refractivity contribution in [1.29, 1.82) is 0 Å². The zero-order valence-corrected chi connectivity index (χ0v) is 9.33. The van der Waals surface area contributed by atoms with Crippen LogP contribution in [-0.4, -0.2) is 4.98 Å². The van der Waals surface area contributed by atoms with Gasteiger partial charge in [-0.1, -0.05) is 11.6 Å². The molecular formula is C9H2BrClF3N. The number of benzene rings is 1. The van der Waals surface area contributed by atoms with E-state index in [0.29, 0.717) is 4.47 Å². The number of fused-ring (bicyclic) bond motifs is 1. The second kappa shape index (κ2) is 3.64. The van der Waals surface area contributed by atoms with E-state index in [4.69, 9.17) is 11.6 Å². The molecule has 0 aliphatic heterocycles. The van der Waals surface area contributed by atoms with Gasteiger partial charge in [-0.25, -0.2) is 13.2 Å². The molecule has 0 amide bonds. The minimum atomic E-state index is -1.55. The quantitative estimate of drug-likeness (QED) is 0.668. The first-order valence-corrected chi connectivity index (χ1v) is 4.96. The summed E-state index contributed by atoms with van der Waals surface area (Å²) in [4.78, 5) is 3.63. The highest BCUT2D eigenvalue weighted by Gasteiger charge is 2.17. The molecule has 0 radical (unpaired) electrons. The van der Waals surface area contributed by atoms with Crippen LogP contribution in [0.1, 0.15) is 0 Å². The van der Waals surface area contributed by atoms with E-state index < -0.39 is 17.5 Å². The SMILES string of the molecule is Fc1cc2c(Cl)c(Br)cnc2c(F)c1F. The average Bonchev–Trinajstić information content (AvgIpc) is 2.21. The Morgan fingerprint density at radius 2 is 1.87 bits per heavy atom. The summed E-state index contributed by atoms with van der Waals surface area (Å²) in [5, 5.41) is 0.125. The van der Waals surface area contributed by atoms with E-state index in [0.717, 1.165) is 6.07 Å². The lowest BCUT2D eigenvalue weighted by molar-refractivity contribution is 0.452. The van der Waals surface area contributed by atoms with Gasteiger partial charge in [0.05, 0.1) is 9.50 Å². The van der Waals surface area contributed by atoms with E-state index in [1.807, 2.05) is 0 Å². The van der Waals surface area contributed by atoms with Crippen LogP contribution in [0.3, 0.4) is 0 Å². The van der Waals surface area contributed by atoms with Crippen molar-refractivity contribution < 1.29 is 13.2 Å².